The van der Waals surface area contributed by atoms with Crippen LogP contribution in [-0.2, 0) is 9.53 Å². The number of carbonyl (C=O) groups excluding carboxylic acids is 1. The average Bonchev–Trinajstić information content (AvgIpc) is 2.78. The van der Waals surface area contributed by atoms with E-state index in [9.17, 15) is 4.79 Å². The Morgan fingerprint density at radius 2 is 2.05 bits per heavy atom. The van der Waals surface area contributed by atoms with E-state index in [2.05, 4.69) is 39.4 Å². The maximum absolute atomic E-state index is 12.0. The van der Waals surface area contributed by atoms with Crippen molar-refractivity contribution in [3.8, 4) is 0 Å². The summed E-state index contributed by atoms with van der Waals surface area (Å²) in [6, 6.07) is 0. The Labute approximate surface area is 120 Å². The van der Waals surface area contributed by atoms with Crippen molar-refractivity contribution in [3.05, 3.63) is 11.6 Å². The van der Waals surface area contributed by atoms with Gasteiger partial charge in [0.15, 0.2) is 5.78 Å². The molecule has 0 heterocycles. The molecule has 1 rings (SSSR count). The quantitative estimate of drug-likeness (QED) is 0.728. The second-order valence-electron chi connectivity index (χ2n) is 6.99. The molecule has 0 unspecified atom stereocenters. The minimum atomic E-state index is -0.796. The second-order valence-corrected chi connectivity index (χ2v) is 11.5. The van der Waals surface area contributed by atoms with Crippen molar-refractivity contribution in [3.63, 3.8) is 0 Å². The highest BCUT2D eigenvalue weighted by Crippen LogP contribution is 2.52. The molecule has 0 fully saturated rings. The molecule has 0 aromatic carbocycles. The fraction of sp³-hybridized carbons (Fsp3) is 0.812. The molecule has 0 amide bonds. The topological polar surface area (TPSA) is 26.3 Å². The summed E-state index contributed by atoms with van der Waals surface area (Å²) in [5, 5.41) is 0. The Balaban J connectivity index is 2.39. The van der Waals surface area contributed by atoms with Gasteiger partial charge < -0.3 is 4.74 Å². The van der Waals surface area contributed by atoms with Gasteiger partial charge >= 0.3 is 0 Å². The number of Topliss-reactive ketones (excluding diaryl/α,β-unsaturated/α-hetero) is 1. The van der Waals surface area contributed by atoms with Gasteiger partial charge in [-0.2, -0.15) is 0 Å². The molecule has 0 radical (unpaired) electrons. The molecule has 19 heavy (non-hydrogen) atoms. The van der Waals surface area contributed by atoms with E-state index in [4.69, 9.17) is 4.74 Å². The van der Waals surface area contributed by atoms with Crippen LogP contribution in [0, 0.1) is 0 Å². The van der Waals surface area contributed by atoms with E-state index in [0.29, 0.717) is 6.42 Å². The standard InChI is InChI=1S/C16H30O2S/c1-13(11-15(17)14-9-7-8-10-14)18-12-19(5,6)16(2,3)4/h9,13H,7-8,10-12H2,1-6H3/t13-/m1/s1. The van der Waals surface area contributed by atoms with Crippen molar-refractivity contribution in [2.45, 2.75) is 64.2 Å². The van der Waals surface area contributed by atoms with E-state index >= 15 is 0 Å². The van der Waals surface area contributed by atoms with Gasteiger partial charge in [-0.1, -0.05) is 26.8 Å². The van der Waals surface area contributed by atoms with Crippen LogP contribution in [0.1, 0.15) is 53.4 Å². The summed E-state index contributed by atoms with van der Waals surface area (Å²) in [5.41, 5.74) is 1.03. The zero-order chi connectivity index (χ0) is 14.7. The number of carbonyl (C=O) groups is 1. The van der Waals surface area contributed by atoms with Crippen molar-refractivity contribution in [2.24, 2.45) is 0 Å². The zero-order valence-electron chi connectivity index (χ0n) is 13.4. The fourth-order valence-electron chi connectivity index (χ4n) is 1.84. The van der Waals surface area contributed by atoms with Crippen LogP contribution >= 0.6 is 10.0 Å². The summed E-state index contributed by atoms with van der Waals surface area (Å²) in [4.78, 5) is 12.0. The molecule has 1 aliphatic carbocycles. The summed E-state index contributed by atoms with van der Waals surface area (Å²) >= 11 is 0. The first kappa shape index (κ1) is 16.8. The number of hydrogen-bond donors (Lipinski definition) is 0. The highest BCUT2D eigenvalue weighted by Gasteiger charge is 2.28. The molecule has 0 bridgehead atoms. The second kappa shape index (κ2) is 6.45. The first-order chi connectivity index (χ1) is 8.63. The Bertz CT molecular complexity index is 350. The van der Waals surface area contributed by atoms with Crippen molar-refractivity contribution in [1.82, 2.24) is 0 Å². The fourth-order valence-corrected chi connectivity index (χ4v) is 2.76. The Hall–Kier alpha value is -0.280. The largest absolute Gasteiger partial charge is 0.369 e. The van der Waals surface area contributed by atoms with Crippen LogP contribution in [0.3, 0.4) is 0 Å². The third-order valence-electron chi connectivity index (χ3n) is 4.18. The molecule has 0 aromatic rings. The first-order valence-electron chi connectivity index (χ1n) is 7.18. The smallest absolute Gasteiger partial charge is 0.161 e. The number of allylic oxidation sites excluding steroid dienone is 2. The van der Waals surface area contributed by atoms with Gasteiger partial charge in [0, 0.05) is 6.42 Å². The zero-order valence-corrected chi connectivity index (χ0v) is 14.2. The molecule has 0 spiro atoms. The average molecular weight is 286 g/mol. The van der Waals surface area contributed by atoms with Crippen LogP contribution in [0.5, 0.6) is 0 Å². The Kier molecular flexibility index (Phi) is 5.69. The predicted molar refractivity (Wildman–Crippen MR) is 86.2 cm³/mol. The molecule has 112 valence electrons. The minimum absolute atomic E-state index is 0.0307. The molecule has 0 saturated heterocycles. The lowest BCUT2D eigenvalue weighted by Gasteiger charge is -2.44. The third-order valence-corrected chi connectivity index (χ3v) is 8.22. The predicted octanol–water partition coefficient (Wildman–Crippen LogP) is 4.28. The molecule has 3 heteroatoms. The van der Waals surface area contributed by atoms with E-state index in [1.165, 1.54) is 0 Å². The number of hydrogen-bond acceptors (Lipinski definition) is 2. The van der Waals surface area contributed by atoms with Crippen LogP contribution < -0.4 is 0 Å². The van der Waals surface area contributed by atoms with Gasteiger partial charge in [0.2, 0.25) is 0 Å². The van der Waals surface area contributed by atoms with E-state index in [1.54, 1.807) is 0 Å². The van der Waals surface area contributed by atoms with Gasteiger partial charge in [-0.25, -0.2) is 10.0 Å². The molecule has 1 aliphatic rings. The molecular formula is C16H30O2S. The minimum Gasteiger partial charge on any atom is -0.369 e. The molecule has 0 saturated carbocycles. The highest BCUT2D eigenvalue weighted by molar-refractivity contribution is 8.33. The SMILES string of the molecule is C[C@H](CC(=O)C1=CCCC1)OCS(C)(C)C(C)(C)C. The van der Waals surface area contributed by atoms with E-state index < -0.39 is 10.0 Å². The maximum Gasteiger partial charge on any atom is 0.161 e. The number of rotatable bonds is 6. The van der Waals surface area contributed by atoms with E-state index in [0.717, 1.165) is 30.8 Å². The molecule has 0 aromatic heterocycles. The van der Waals surface area contributed by atoms with Crippen LogP contribution in [-0.4, -0.2) is 35.1 Å². The van der Waals surface area contributed by atoms with Crippen molar-refractivity contribution >= 4 is 15.8 Å². The highest BCUT2D eigenvalue weighted by atomic mass is 32.3. The van der Waals surface area contributed by atoms with Gasteiger partial charge in [0.25, 0.3) is 0 Å². The Morgan fingerprint density at radius 3 is 2.53 bits per heavy atom. The van der Waals surface area contributed by atoms with Crippen LogP contribution in [0.15, 0.2) is 11.6 Å². The summed E-state index contributed by atoms with van der Waals surface area (Å²) in [6.45, 7) is 8.83. The first-order valence-corrected chi connectivity index (χ1v) is 9.80. The normalized spacial score (nSPS) is 19.2. The molecule has 1 atom stereocenters. The van der Waals surface area contributed by atoms with Crippen LogP contribution in [0.25, 0.3) is 0 Å². The summed E-state index contributed by atoms with van der Waals surface area (Å²) < 4.78 is 6.23. The number of ether oxygens (including phenoxy) is 1. The van der Waals surface area contributed by atoms with Gasteiger partial charge in [0.05, 0.1) is 12.0 Å². The van der Waals surface area contributed by atoms with E-state index in [1.807, 2.05) is 6.92 Å². The summed E-state index contributed by atoms with van der Waals surface area (Å²) in [7, 11) is -0.796. The maximum atomic E-state index is 12.0. The molecular weight excluding hydrogens is 256 g/mol. The van der Waals surface area contributed by atoms with Crippen LogP contribution in [0.2, 0.25) is 0 Å². The van der Waals surface area contributed by atoms with Crippen molar-refractivity contribution in [2.75, 3.05) is 18.5 Å². The number of ketones is 1. The van der Waals surface area contributed by atoms with E-state index in [-0.39, 0.29) is 16.6 Å². The lowest BCUT2D eigenvalue weighted by Crippen LogP contribution is -2.28. The van der Waals surface area contributed by atoms with Gasteiger partial charge in [-0.3, -0.25) is 4.79 Å². The van der Waals surface area contributed by atoms with Crippen LogP contribution in [0.4, 0.5) is 0 Å². The lowest BCUT2D eigenvalue weighted by atomic mass is 10.1. The summed E-state index contributed by atoms with van der Waals surface area (Å²) in [5.74, 6) is 1.07. The Morgan fingerprint density at radius 1 is 1.42 bits per heavy atom. The van der Waals surface area contributed by atoms with Gasteiger partial charge in [0.1, 0.15) is 0 Å². The monoisotopic (exact) mass is 286 g/mol. The molecule has 0 aliphatic heterocycles. The van der Waals surface area contributed by atoms with Crippen molar-refractivity contribution < 1.29 is 9.53 Å². The molecule has 0 N–H and O–H groups in total. The van der Waals surface area contributed by atoms with Gasteiger partial charge in [-0.15, -0.1) is 0 Å². The lowest BCUT2D eigenvalue weighted by molar-refractivity contribution is -0.117. The van der Waals surface area contributed by atoms with Gasteiger partial charge in [-0.05, 0) is 49.0 Å². The third kappa shape index (κ3) is 4.96. The summed E-state index contributed by atoms with van der Waals surface area (Å²) in [6.07, 6.45) is 10.4. The van der Waals surface area contributed by atoms with Crippen molar-refractivity contribution in [1.29, 1.82) is 0 Å². The molecule has 2 nitrogen and oxygen atoms in total.